The Labute approximate surface area is 169 Å². The number of fused-ring (bicyclic) bond motifs is 2. The summed E-state index contributed by atoms with van der Waals surface area (Å²) < 4.78 is 7.19. The van der Waals surface area contributed by atoms with Crippen LogP contribution in [0.25, 0.3) is 21.8 Å². The Balaban J connectivity index is 1.65. The van der Waals surface area contributed by atoms with E-state index in [1.807, 2.05) is 24.3 Å². The third-order valence-electron chi connectivity index (χ3n) is 5.84. The topological polar surface area (TPSA) is 56.1 Å². The van der Waals surface area contributed by atoms with Gasteiger partial charge in [-0.1, -0.05) is 49.2 Å². The molecule has 1 heterocycles. The van der Waals surface area contributed by atoms with E-state index in [4.69, 9.17) is 9.72 Å². The molecule has 1 fully saturated rings. The SMILES string of the molecule is COC(=O)c1ccc2c(c1)nc(Nc1cccc3ccccc13)n2C1CCCC1. The van der Waals surface area contributed by atoms with E-state index in [1.54, 1.807) is 0 Å². The lowest BCUT2D eigenvalue weighted by molar-refractivity contribution is 0.0601. The number of aromatic nitrogens is 2. The quantitative estimate of drug-likeness (QED) is 0.449. The van der Waals surface area contributed by atoms with Crippen molar-refractivity contribution in [2.75, 3.05) is 12.4 Å². The van der Waals surface area contributed by atoms with Gasteiger partial charge in [-0.25, -0.2) is 9.78 Å². The van der Waals surface area contributed by atoms with E-state index < -0.39 is 0 Å². The molecule has 1 N–H and O–H groups in total. The van der Waals surface area contributed by atoms with E-state index in [1.165, 1.54) is 25.3 Å². The highest BCUT2D eigenvalue weighted by Gasteiger charge is 2.23. The Bertz CT molecular complexity index is 1200. The monoisotopic (exact) mass is 385 g/mol. The molecule has 4 aromatic rings. The highest BCUT2D eigenvalue weighted by atomic mass is 16.5. The first-order valence-electron chi connectivity index (χ1n) is 10.1. The van der Waals surface area contributed by atoms with Gasteiger partial charge in [0.05, 0.1) is 23.7 Å². The maximum Gasteiger partial charge on any atom is 0.337 e. The van der Waals surface area contributed by atoms with Crippen molar-refractivity contribution in [2.45, 2.75) is 31.7 Å². The molecule has 0 aliphatic heterocycles. The summed E-state index contributed by atoms with van der Waals surface area (Å²) in [5, 5.41) is 5.93. The maximum atomic E-state index is 12.0. The van der Waals surface area contributed by atoms with Gasteiger partial charge in [-0.05, 0) is 42.5 Å². The van der Waals surface area contributed by atoms with Crippen LogP contribution in [0.3, 0.4) is 0 Å². The molecule has 0 saturated heterocycles. The molecular weight excluding hydrogens is 362 g/mol. The van der Waals surface area contributed by atoms with Gasteiger partial charge >= 0.3 is 5.97 Å². The molecular formula is C24H23N3O2. The molecule has 1 aliphatic carbocycles. The van der Waals surface area contributed by atoms with E-state index in [0.29, 0.717) is 11.6 Å². The molecule has 0 radical (unpaired) electrons. The molecule has 0 spiro atoms. The van der Waals surface area contributed by atoms with E-state index in [-0.39, 0.29) is 5.97 Å². The summed E-state index contributed by atoms with van der Waals surface area (Å²) in [6, 6.07) is 20.6. The zero-order valence-corrected chi connectivity index (χ0v) is 16.4. The number of esters is 1. The van der Waals surface area contributed by atoms with Gasteiger partial charge < -0.3 is 14.6 Å². The minimum atomic E-state index is -0.342. The number of carbonyl (C=O) groups excluding carboxylic acids is 1. The summed E-state index contributed by atoms with van der Waals surface area (Å²) in [6.45, 7) is 0. The first-order valence-corrected chi connectivity index (χ1v) is 10.1. The average Bonchev–Trinajstić information content (AvgIpc) is 3.40. The molecule has 146 valence electrons. The number of carbonyl (C=O) groups is 1. The Kier molecular flexibility index (Phi) is 4.43. The van der Waals surface area contributed by atoms with Gasteiger partial charge in [-0.15, -0.1) is 0 Å². The Morgan fingerprint density at radius 3 is 2.69 bits per heavy atom. The smallest absolute Gasteiger partial charge is 0.337 e. The fourth-order valence-electron chi connectivity index (χ4n) is 4.42. The maximum absolute atomic E-state index is 12.0. The highest BCUT2D eigenvalue weighted by Crippen LogP contribution is 2.37. The second kappa shape index (κ2) is 7.24. The van der Waals surface area contributed by atoms with Crippen molar-refractivity contribution in [3.05, 3.63) is 66.2 Å². The van der Waals surface area contributed by atoms with Crippen molar-refractivity contribution >= 4 is 39.4 Å². The van der Waals surface area contributed by atoms with E-state index in [2.05, 4.69) is 46.3 Å². The predicted octanol–water partition coefficient (Wildman–Crippen LogP) is 5.83. The van der Waals surface area contributed by atoms with Gasteiger partial charge in [-0.3, -0.25) is 0 Å². The van der Waals surface area contributed by atoms with Crippen LogP contribution >= 0.6 is 0 Å². The fraction of sp³-hybridized carbons (Fsp3) is 0.250. The molecule has 0 unspecified atom stereocenters. The number of nitrogens with zero attached hydrogens (tertiary/aromatic N) is 2. The zero-order chi connectivity index (χ0) is 19.8. The predicted molar refractivity (Wildman–Crippen MR) is 116 cm³/mol. The van der Waals surface area contributed by atoms with E-state index in [0.717, 1.165) is 40.9 Å². The second-order valence-electron chi connectivity index (χ2n) is 7.59. The van der Waals surface area contributed by atoms with Gasteiger partial charge in [0.1, 0.15) is 0 Å². The summed E-state index contributed by atoms with van der Waals surface area (Å²) in [4.78, 5) is 16.9. The summed E-state index contributed by atoms with van der Waals surface area (Å²) in [6.07, 6.45) is 4.76. The summed E-state index contributed by atoms with van der Waals surface area (Å²) in [5.41, 5.74) is 3.41. The highest BCUT2D eigenvalue weighted by molar-refractivity contribution is 5.96. The van der Waals surface area contributed by atoms with Crippen LogP contribution in [-0.4, -0.2) is 22.6 Å². The molecule has 5 nitrogen and oxygen atoms in total. The summed E-state index contributed by atoms with van der Waals surface area (Å²) in [7, 11) is 1.40. The van der Waals surface area contributed by atoms with Gasteiger partial charge in [-0.2, -0.15) is 0 Å². The molecule has 1 aromatic heterocycles. The molecule has 5 heteroatoms. The molecule has 3 aromatic carbocycles. The third kappa shape index (κ3) is 3.12. The largest absolute Gasteiger partial charge is 0.465 e. The standard InChI is InChI=1S/C24H23N3O2/c1-29-23(28)17-13-14-22-21(15-17)26-24(27(22)18-9-3-4-10-18)25-20-12-6-8-16-7-2-5-11-19(16)20/h2,5-8,11-15,18H,3-4,9-10H2,1H3,(H,25,26). The van der Waals surface area contributed by atoms with Crippen LogP contribution in [0.2, 0.25) is 0 Å². The van der Waals surface area contributed by atoms with Crippen LogP contribution in [0, 0.1) is 0 Å². The average molecular weight is 385 g/mol. The molecule has 1 saturated carbocycles. The number of methoxy groups -OCH3 is 1. The van der Waals surface area contributed by atoms with Crippen LogP contribution < -0.4 is 5.32 Å². The molecule has 1 aliphatic rings. The second-order valence-corrected chi connectivity index (χ2v) is 7.59. The van der Waals surface area contributed by atoms with Gasteiger partial charge in [0.2, 0.25) is 5.95 Å². The lowest BCUT2D eigenvalue weighted by Gasteiger charge is -2.18. The third-order valence-corrected chi connectivity index (χ3v) is 5.84. The van der Waals surface area contributed by atoms with Crippen LogP contribution in [0.15, 0.2) is 60.7 Å². The number of rotatable bonds is 4. The summed E-state index contributed by atoms with van der Waals surface area (Å²) >= 11 is 0. The van der Waals surface area contributed by atoms with Gasteiger partial charge in [0.15, 0.2) is 0 Å². The minimum Gasteiger partial charge on any atom is -0.465 e. The first kappa shape index (κ1) is 17.7. The minimum absolute atomic E-state index is 0.342. The Morgan fingerprint density at radius 1 is 1.07 bits per heavy atom. The van der Waals surface area contributed by atoms with Crippen LogP contribution in [0.5, 0.6) is 0 Å². The van der Waals surface area contributed by atoms with Crippen molar-refractivity contribution in [1.29, 1.82) is 0 Å². The van der Waals surface area contributed by atoms with Crippen molar-refractivity contribution in [2.24, 2.45) is 0 Å². The zero-order valence-electron chi connectivity index (χ0n) is 16.4. The van der Waals surface area contributed by atoms with Crippen LogP contribution in [0.4, 0.5) is 11.6 Å². The molecule has 0 bridgehead atoms. The van der Waals surface area contributed by atoms with Gasteiger partial charge in [0.25, 0.3) is 0 Å². The van der Waals surface area contributed by atoms with Crippen LogP contribution in [-0.2, 0) is 4.74 Å². The van der Waals surface area contributed by atoms with Crippen molar-refractivity contribution in [1.82, 2.24) is 9.55 Å². The Morgan fingerprint density at radius 2 is 1.86 bits per heavy atom. The van der Waals surface area contributed by atoms with Crippen molar-refractivity contribution in [3.8, 4) is 0 Å². The molecule has 5 rings (SSSR count). The van der Waals surface area contributed by atoms with Crippen LogP contribution in [0.1, 0.15) is 42.1 Å². The van der Waals surface area contributed by atoms with E-state index >= 15 is 0 Å². The number of benzene rings is 3. The lowest BCUT2D eigenvalue weighted by Crippen LogP contribution is -2.09. The van der Waals surface area contributed by atoms with Crippen molar-refractivity contribution < 1.29 is 9.53 Å². The number of hydrogen-bond donors (Lipinski definition) is 1. The van der Waals surface area contributed by atoms with Crippen molar-refractivity contribution in [3.63, 3.8) is 0 Å². The van der Waals surface area contributed by atoms with E-state index in [9.17, 15) is 4.79 Å². The number of nitrogens with one attached hydrogen (secondary N) is 1. The number of ether oxygens (including phenoxy) is 1. The first-order chi connectivity index (χ1) is 14.2. The number of anilines is 2. The van der Waals surface area contributed by atoms with Gasteiger partial charge in [0, 0.05) is 17.1 Å². The normalized spacial score (nSPS) is 14.5. The molecule has 0 atom stereocenters. The fourth-order valence-corrected chi connectivity index (χ4v) is 4.42. The summed E-state index contributed by atoms with van der Waals surface area (Å²) in [5.74, 6) is 0.483. The Hall–Kier alpha value is -3.34. The number of hydrogen-bond acceptors (Lipinski definition) is 4. The molecule has 29 heavy (non-hydrogen) atoms. The molecule has 0 amide bonds. The number of imidazole rings is 1. The lowest BCUT2D eigenvalue weighted by atomic mass is 10.1.